The van der Waals surface area contributed by atoms with Crippen molar-refractivity contribution in [3.8, 4) is 0 Å². The van der Waals surface area contributed by atoms with Crippen molar-refractivity contribution in [1.82, 2.24) is 5.32 Å². The summed E-state index contributed by atoms with van der Waals surface area (Å²) in [5.41, 5.74) is 0. The summed E-state index contributed by atoms with van der Waals surface area (Å²) in [4.78, 5) is 11.2. The van der Waals surface area contributed by atoms with Gasteiger partial charge < -0.3 is 4.74 Å². The molecule has 0 N–H and O–H groups in total. The first-order chi connectivity index (χ1) is 6.33. The van der Waals surface area contributed by atoms with E-state index < -0.39 is 0 Å². The molecule has 13 heavy (non-hydrogen) atoms. The van der Waals surface area contributed by atoms with Gasteiger partial charge in [0.05, 0.1) is 0 Å². The maximum atomic E-state index is 11.2. The van der Waals surface area contributed by atoms with Crippen LogP contribution in [0, 0.1) is 0 Å². The van der Waals surface area contributed by atoms with Crippen molar-refractivity contribution in [3.63, 3.8) is 0 Å². The van der Waals surface area contributed by atoms with Crippen molar-refractivity contribution in [2.75, 3.05) is 13.1 Å². The van der Waals surface area contributed by atoms with E-state index >= 15 is 0 Å². The molecule has 1 saturated heterocycles. The fourth-order valence-electron chi connectivity index (χ4n) is 1.41. The van der Waals surface area contributed by atoms with Crippen molar-refractivity contribution < 1.29 is 9.53 Å². The molecule has 1 aliphatic rings. The second kappa shape index (κ2) is 5.97. The highest BCUT2D eigenvalue weighted by molar-refractivity contribution is 5.69. The zero-order valence-electron chi connectivity index (χ0n) is 8.29. The number of piperidine rings is 1. The number of nitrogens with zero attached hydrogens (tertiary/aromatic N) is 1. The average molecular weight is 184 g/mol. The lowest BCUT2D eigenvalue weighted by Crippen LogP contribution is -2.30. The van der Waals surface area contributed by atoms with E-state index in [9.17, 15) is 4.79 Å². The molecule has 1 fully saturated rings. The Morgan fingerprint density at radius 2 is 2.15 bits per heavy atom. The van der Waals surface area contributed by atoms with Gasteiger partial charge in [-0.2, -0.15) is 0 Å². The number of rotatable bonds is 4. The van der Waals surface area contributed by atoms with Crippen molar-refractivity contribution >= 4 is 5.97 Å². The van der Waals surface area contributed by atoms with Gasteiger partial charge in [-0.05, 0) is 19.3 Å². The number of hydrogen-bond donors (Lipinski definition) is 0. The Kier molecular flexibility index (Phi) is 4.83. The Labute approximate surface area is 79.8 Å². The molecule has 0 aromatic carbocycles. The van der Waals surface area contributed by atoms with E-state index in [0.29, 0.717) is 6.42 Å². The predicted molar refractivity (Wildman–Crippen MR) is 50.5 cm³/mol. The smallest absolute Gasteiger partial charge is 0.306 e. The standard InChI is InChI=1S/C10H18NO2/c1-2-3-4-10(12)13-9-5-7-11-8-6-9/h9H,2-8H2,1H3. The highest BCUT2D eigenvalue weighted by atomic mass is 16.5. The summed E-state index contributed by atoms with van der Waals surface area (Å²) in [5, 5.41) is 4.21. The van der Waals surface area contributed by atoms with Crippen LogP contribution >= 0.6 is 0 Å². The lowest BCUT2D eigenvalue weighted by atomic mass is 10.1. The number of carbonyl (C=O) groups excluding carboxylic acids is 1. The SMILES string of the molecule is CCCCC(=O)OC1CC[N]CC1. The fourth-order valence-corrected chi connectivity index (χ4v) is 1.41. The molecular formula is C10H18NO2. The number of esters is 1. The molecule has 75 valence electrons. The first-order valence-corrected chi connectivity index (χ1v) is 5.15. The summed E-state index contributed by atoms with van der Waals surface area (Å²) in [6.07, 6.45) is 4.53. The summed E-state index contributed by atoms with van der Waals surface area (Å²) < 4.78 is 5.29. The third-order valence-corrected chi connectivity index (χ3v) is 2.25. The molecule has 1 radical (unpaired) electrons. The third kappa shape index (κ3) is 4.27. The summed E-state index contributed by atoms with van der Waals surface area (Å²) in [6, 6.07) is 0. The molecule has 0 bridgehead atoms. The van der Waals surface area contributed by atoms with Crippen LogP contribution in [0.25, 0.3) is 0 Å². The van der Waals surface area contributed by atoms with Crippen LogP contribution < -0.4 is 5.32 Å². The van der Waals surface area contributed by atoms with Gasteiger partial charge in [-0.15, -0.1) is 0 Å². The molecule has 1 aliphatic heterocycles. The number of carbonyl (C=O) groups is 1. The van der Waals surface area contributed by atoms with Crippen LogP contribution in [-0.4, -0.2) is 25.2 Å². The molecule has 1 rings (SSSR count). The molecule has 0 aromatic heterocycles. The maximum Gasteiger partial charge on any atom is 0.306 e. The van der Waals surface area contributed by atoms with E-state index in [4.69, 9.17) is 4.74 Å². The van der Waals surface area contributed by atoms with Gasteiger partial charge in [0.2, 0.25) is 0 Å². The van der Waals surface area contributed by atoms with Gasteiger partial charge in [-0.1, -0.05) is 13.3 Å². The second-order valence-corrected chi connectivity index (χ2v) is 3.46. The van der Waals surface area contributed by atoms with Gasteiger partial charge in [-0.25, -0.2) is 5.32 Å². The second-order valence-electron chi connectivity index (χ2n) is 3.46. The minimum Gasteiger partial charge on any atom is -0.462 e. The van der Waals surface area contributed by atoms with Crippen LogP contribution in [0.5, 0.6) is 0 Å². The van der Waals surface area contributed by atoms with Crippen LogP contribution in [0.15, 0.2) is 0 Å². The molecule has 0 amide bonds. The zero-order chi connectivity index (χ0) is 9.52. The maximum absolute atomic E-state index is 11.2. The Balaban J connectivity index is 2.11. The highest BCUT2D eigenvalue weighted by Crippen LogP contribution is 2.10. The minimum atomic E-state index is -0.0336. The van der Waals surface area contributed by atoms with E-state index in [0.717, 1.165) is 38.8 Å². The van der Waals surface area contributed by atoms with E-state index in [-0.39, 0.29) is 12.1 Å². The van der Waals surface area contributed by atoms with Crippen molar-refractivity contribution in [3.05, 3.63) is 0 Å². The molecule has 0 aromatic rings. The van der Waals surface area contributed by atoms with Crippen LogP contribution in [0.2, 0.25) is 0 Å². The number of unbranched alkanes of at least 4 members (excludes halogenated alkanes) is 1. The Morgan fingerprint density at radius 3 is 2.77 bits per heavy atom. The number of ether oxygens (including phenoxy) is 1. The lowest BCUT2D eigenvalue weighted by Gasteiger charge is -2.21. The van der Waals surface area contributed by atoms with Gasteiger partial charge >= 0.3 is 5.97 Å². The molecule has 3 nitrogen and oxygen atoms in total. The first-order valence-electron chi connectivity index (χ1n) is 5.15. The number of hydrogen-bond acceptors (Lipinski definition) is 2. The normalized spacial score (nSPS) is 18.5. The Morgan fingerprint density at radius 1 is 1.46 bits per heavy atom. The monoisotopic (exact) mass is 184 g/mol. The van der Waals surface area contributed by atoms with E-state index in [2.05, 4.69) is 12.2 Å². The summed E-state index contributed by atoms with van der Waals surface area (Å²) >= 11 is 0. The van der Waals surface area contributed by atoms with Crippen molar-refractivity contribution in [1.29, 1.82) is 0 Å². The molecule has 0 unspecified atom stereocenters. The Hall–Kier alpha value is -0.570. The van der Waals surface area contributed by atoms with Gasteiger partial charge in [-0.3, -0.25) is 4.79 Å². The molecule has 1 heterocycles. The first kappa shape index (κ1) is 10.5. The molecule has 0 atom stereocenters. The predicted octanol–water partition coefficient (Wildman–Crippen LogP) is 1.49. The van der Waals surface area contributed by atoms with Crippen molar-refractivity contribution in [2.45, 2.75) is 45.1 Å². The molecular weight excluding hydrogens is 166 g/mol. The fraction of sp³-hybridized carbons (Fsp3) is 0.900. The summed E-state index contributed by atoms with van der Waals surface area (Å²) in [7, 11) is 0. The molecule has 3 heteroatoms. The summed E-state index contributed by atoms with van der Waals surface area (Å²) in [5.74, 6) is -0.0336. The van der Waals surface area contributed by atoms with E-state index in [1.54, 1.807) is 0 Å². The topological polar surface area (TPSA) is 40.4 Å². The third-order valence-electron chi connectivity index (χ3n) is 2.25. The largest absolute Gasteiger partial charge is 0.462 e. The average Bonchev–Trinajstić information content (AvgIpc) is 2.16. The van der Waals surface area contributed by atoms with Crippen LogP contribution in [-0.2, 0) is 9.53 Å². The van der Waals surface area contributed by atoms with Gasteiger partial charge in [0.1, 0.15) is 6.10 Å². The van der Waals surface area contributed by atoms with Gasteiger partial charge in [0, 0.05) is 19.5 Å². The van der Waals surface area contributed by atoms with Crippen molar-refractivity contribution in [2.24, 2.45) is 0 Å². The van der Waals surface area contributed by atoms with Crippen LogP contribution in [0.1, 0.15) is 39.0 Å². The molecule has 0 saturated carbocycles. The quantitative estimate of drug-likeness (QED) is 0.621. The zero-order valence-corrected chi connectivity index (χ0v) is 8.29. The van der Waals surface area contributed by atoms with Gasteiger partial charge in [0.15, 0.2) is 0 Å². The highest BCUT2D eigenvalue weighted by Gasteiger charge is 2.17. The summed E-state index contributed by atoms with van der Waals surface area (Å²) in [6.45, 7) is 3.78. The molecule has 0 spiro atoms. The van der Waals surface area contributed by atoms with E-state index in [1.807, 2.05) is 0 Å². The Bertz CT molecular complexity index is 153. The van der Waals surface area contributed by atoms with E-state index in [1.165, 1.54) is 0 Å². The lowest BCUT2D eigenvalue weighted by molar-refractivity contribution is -0.150. The molecule has 0 aliphatic carbocycles. The van der Waals surface area contributed by atoms with Gasteiger partial charge in [0.25, 0.3) is 0 Å². The van der Waals surface area contributed by atoms with Crippen LogP contribution in [0.3, 0.4) is 0 Å². The van der Waals surface area contributed by atoms with Crippen LogP contribution in [0.4, 0.5) is 0 Å². The minimum absolute atomic E-state index is 0.0336.